The number of hydrogen-bond acceptors (Lipinski definition) is 5. The minimum Gasteiger partial charge on any atom is -0.442 e. The molecule has 0 saturated heterocycles. The molecule has 0 atom stereocenters. The summed E-state index contributed by atoms with van der Waals surface area (Å²) in [6.07, 6.45) is 6.77. The zero-order valence-electron chi connectivity index (χ0n) is 19.6. The molecule has 1 aliphatic heterocycles. The molecule has 0 radical (unpaired) electrons. The summed E-state index contributed by atoms with van der Waals surface area (Å²) in [5, 5.41) is 4.74. The SMILES string of the molecule is CC=C(Cn1nc(-c2ccc(F)cc2)nc1-c1ccc(F)cc1)N1CC=C(c2ncc(C)o2)CC1. The van der Waals surface area contributed by atoms with Gasteiger partial charge in [-0.1, -0.05) is 12.2 Å². The van der Waals surface area contributed by atoms with Crippen LogP contribution in [-0.2, 0) is 6.54 Å². The van der Waals surface area contributed by atoms with Crippen LogP contribution < -0.4 is 0 Å². The van der Waals surface area contributed by atoms with E-state index in [1.165, 1.54) is 24.3 Å². The summed E-state index contributed by atoms with van der Waals surface area (Å²) in [5.74, 6) is 1.95. The van der Waals surface area contributed by atoms with E-state index in [0.717, 1.165) is 42.1 Å². The standard InChI is InChI=1S/C27H25F2N5O/c1-3-24(33-14-12-21(13-15-33)27-30-16-18(2)35-27)17-34-26(20-6-10-23(29)11-7-20)31-25(32-34)19-4-8-22(28)9-5-19/h3-12,16H,13-15,17H2,1-2H3. The number of allylic oxidation sites excluding steroid dienone is 2. The highest BCUT2D eigenvalue weighted by atomic mass is 19.1. The molecule has 6 nitrogen and oxygen atoms in total. The van der Waals surface area contributed by atoms with Crippen molar-refractivity contribution >= 4 is 5.57 Å². The van der Waals surface area contributed by atoms with Gasteiger partial charge in [-0.25, -0.2) is 23.4 Å². The second kappa shape index (κ2) is 9.66. The van der Waals surface area contributed by atoms with E-state index in [9.17, 15) is 8.78 Å². The molecule has 1 aliphatic rings. The Kier molecular flexibility index (Phi) is 6.27. The Bertz CT molecular complexity index is 1380. The number of halogens is 2. The number of hydrogen-bond donors (Lipinski definition) is 0. The summed E-state index contributed by atoms with van der Waals surface area (Å²) in [4.78, 5) is 11.4. The van der Waals surface area contributed by atoms with Crippen LogP contribution >= 0.6 is 0 Å². The van der Waals surface area contributed by atoms with Crippen LogP contribution in [0, 0.1) is 18.6 Å². The van der Waals surface area contributed by atoms with Crippen molar-refractivity contribution in [1.82, 2.24) is 24.6 Å². The molecule has 35 heavy (non-hydrogen) atoms. The van der Waals surface area contributed by atoms with Crippen molar-refractivity contribution in [2.75, 3.05) is 13.1 Å². The van der Waals surface area contributed by atoms with Crippen molar-refractivity contribution in [2.24, 2.45) is 0 Å². The molecular weight excluding hydrogens is 448 g/mol. The Balaban J connectivity index is 1.43. The van der Waals surface area contributed by atoms with Crippen LogP contribution in [0.4, 0.5) is 8.78 Å². The van der Waals surface area contributed by atoms with E-state index in [2.05, 4.69) is 22.0 Å². The number of rotatable bonds is 6. The van der Waals surface area contributed by atoms with Gasteiger partial charge in [0.1, 0.15) is 17.4 Å². The van der Waals surface area contributed by atoms with Crippen LogP contribution in [0.5, 0.6) is 0 Å². The molecule has 4 aromatic rings. The quantitative estimate of drug-likeness (QED) is 0.350. The average molecular weight is 474 g/mol. The maximum absolute atomic E-state index is 13.6. The van der Waals surface area contributed by atoms with Crippen molar-refractivity contribution in [1.29, 1.82) is 0 Å². The molecule has 0 N–H and O–H groups in total. The fourth-order valence-electron chi connectivity index (χ4n) is 4.14. The lowest BCUT2D eigenvalue weighted by molar-refractivity contribution is 0.349. The molecule has 8 heteroatoms. The van der Waals surface area contributed by atoms with Crippen LogP contribution in [0.2, 0.25) is 0 Å². The fraction of sp³-hybridized carbons (Fsp3) is 0.222. The molecule has 178 valence electrons. The largest absolute Gasteiger partial charge is 0.442 e. The first-order valence-corrected chi connectivity index (χ1v) is 11.5. The van der Waals surface area contributed by atoms with E-state index in [1.807, 2.05) is 18.5 Å². The van der Waals surface area contributed by atoms with E-state index < -0.39 is 0 Å². The molecule has 0 unspecified atom stereocenters. The summed E-state index contributed by atoms with van der Waals surface area (Å²) in [6.45, 7) is 5.92. The first-order valence-electron chi connectivity index (χ1n) is 11.5. The Hall–Kier alpha value is -4.07. The summed E-state index contributed by atoms with van der Waals surface area (Å²) >= 11 is 0. The van der Waals surface area contributed by atoms with Gasteiger partial charge in [-0.15, -0.1) is 0 Å². The first-order chi connectivity index (χ1) is 17.0. The fourth-order valence-corrected chi connectivity index (χ4v) is 4.14. The van der Waals surface area contributed by atoms with Gasteiger partial charge in [0.15, 0.2) is 11.6 Å². The minimum absolute atomic E-state index is 0.315. The zero-order chi connectivity index (χ0) is 24.4. The van der Waals surface area contributed by atoms with Gasteiger partial charge < -0.3 is 9.32 Å². The smallest absolute Gasteiger partial charge is 0.221 e. The second-order valence-electron chi connectivity index (χ2n) is 8.41. The first kappa shape index (κ1) is 22.7. The maximum Gasteiger partial charge on any atom is 0.221 e. The van der Waals surface area contributed by atoms with E-state index in [4.69, 9.17) is 14.5 Å². The van der Waals surface area contributed by atoms with Crippen molar-refractivity contribution in [3.63, 3.8) is 0 Å². The molecule has 0 bridgehead atoms. The minimum atomic E-state index is -0.319. The Morgan fingerprint density at radius 2 is 1.71 bits per heavy atom. The van der Waals surface area contributed by atoms with Crippen molar-refractivity contribution in [2.45, 2.75) is 26.8 Å². The number of oxazole rings is 1. The number of aromatic nitrogens is 4. The highest BCUT2D eigenvalue weighted by Crippen LogP contribution is 2.27. The van der Waals surface area contributed by atoms with Crippen molar-refractivity contribution in [3.8, 4) is 22.8 Å². The molecule has 0 spiro atoms. The number of aryl methyl sites for hydroxylation is 1. The van der Waals surface area contributed by atoms with Crippen molar-refractivity contribution < 1.29 is 13.2 Å². The molecule has 0 saturated carbocycles. The van der Waals surface area contributed by atoms with Gasteiger partial charge in [0, 0.05) is 35.5 Å². The molecule has 0 aliphatic carbocycles. The highest BCUT2D eigenvalue weighted by Gasteiger charge is 2.20. The predicted octanol–water partition coefficient (Wildman–Crippen LogP) is 5.88. The molecular formula is C27H25F2N5O. The molecule has 5 rings (SSSR count). The topological polar surface area (TPSA) is 60.0 Å². The maximum atomic E-state index is 13.6. The molecule has 0 fully saturated rings. The van der Waals surface area contributed by atoms with Gasteiger partial charge in [-0.05, 0) is 68.8 Å². The van der Waals surface area contributed by atoms with Crippen LogP contribution in [0.25, 0.3) is 28.3 Å². The van der Waals surface area contributed by atoms with Crippen LogP contribution in [-0.4, -0.2) is 37.7 Å². The molecule has 0 amide bonds. The van der Waals surface area contributed by atoms with Crippen molar-refractivity contribution in [3.05, 3.63) is 95.9 Å². The molecule has 3 heterocycles. The van der Waals surface area contributed by atoms with Gasteiger partial charge >= 0.3 is 0 Å². The predicted molar refractivity (Wildman–Crippen MR) is 130 cm³/mol. The highest BCUT2D eigenvalue weighted by molar-refractivity contribution is 5.62. The van der Waals surface area contributed by atoms with Crippen LogP contribution in [0.15, 0.2) is 77.0 Å². The summed E-state index contributed by atoms with van der Waals surface area (Å²) in [6, 6.07) is 12.3. The number of benzene rings is 2. The van der Waals surface area contributed by atoms with Gasteiger partial charge in [0.05, 0.1) is 12.7 Å². The van der Waals surface area contributed by atoms with Gasteiger partial charge in [0.2, 0.25) is 5.89 Å². The average Bonchev–Trinajstić information content (AvgIpc) is 3.50. The molecule has 2 aromatic heterocycles. The van der Waals surface area contributed by atoms with Gasteiger partial charge in [0.25, 0.3) is 0 Å². The van der Waals surface area contributed by atoms with E-state index in [-0.39, 0.29) is 11.6 Å². The van der Waals surface area contributed by atoms with E-state index >= 15 is 0 Å². The van der Waals surface area contributed by atoms with Crippen LogP contribution in [0.1, 0.15) is 25.0 Å². The lowest BCUT2D eigenvalue weighted by Gasteiger charge is -2.30. The summed E-state index contributed by atoms with van der Waals surface area (Å²) in [7, 11) is 0. The van der Waals surface area contributed by atoms with Gasteiger partial charge in [-0.3, -0.25) is 0 Å². The third kappa shape index (κ3) is 4.91. The summed E-state index contributed by atoms with van der Waals surface area (Å²) < 4.78 is 34.5. The number of nitrogens with zero attached hydrogens (tertiary/aromatic N) is 5. The second-order valence-corrected chi connectivity index (χ2v) is 8.41. The van der Waals surface area contributed by atoms with Gasteiger partial charge in [-0.2, -0.15) is 5.10 Å². The lowest BCUT2D eigenvalue weighted by atomic mass is 10.1. The van der Waals surface area contributed by atoms with Crippen LogP contribution in [0.3, 0.4) is 0 Å². The Labute approximate surface area is 202 Å². The Morgan fingerprint density at radius 3 is 2.29 bits per heavy atom. The lowest BCUT2D eigenvalue weighted by Crippen LogP contribution is -2.30. The van der Waals surface area contributed by atoms with E-state index in [1.54, 1.807) is 30.5 Å². The molecule has 2 aromatic carbocycles. The zero-order valence-corrected chi connectivity index (χ0v) is 19.6. The normalized spacial score (nSPS) is 14.3. The third-order valence-electron chi connectivity index (χ3n) is 6.03. The van der Waals surface area contributed by atoms with E-state index in [0.29, 0.717) is 29.6 Å². The monoisotopic (exact) mass is 473 g/mol. The summed E-state index contributed by atoms with van der Waals surface area (Å²) in [5.41, 5.74) is 3.66. The Morgan fingerprint density at radius 1 is 1.03 bits per heavy atom. The third-order valence-corrected chi connectivity index (χ3v) is 6.03.